The van der Waals surface area contributed by atoms with Gasteiger partial charge in [-0.1, -0.05) is 0 Å². The van der Waals surface area contributed by atoms with Crippen LogP contribution in [-0.2, 0) is 68.6 Å². The molecule has 0 fully saturated rings. The lowest BCUT2D eigenvalue weighted by Crippen LogP contribution is -2.39. The van der Waals surface area contributed by atoms with Crippen molar-refractivity contribution in [2.75, 3.05) is 61.7 Å². The Labute approximate surface area is 210 Å². The van der Waals surface area contributed by atoms with Crippen molar-refractivity contribution in [1.29, 1.82) is 0 Å². The SMILES string of the molecule is COP(=O)(O)ON(CCN(OP(=O)(O)OC)OP(=O)(O)OC)CCN(OP(=O)(O)OC)OP(=O)(O)OC. The first kappa shape index (κ1) is 37.4. The van der Waals surface area contributed by atoms with E-state index in [2.05, 4.69) is 41.1 Å². The molecule has 0 heterocycles. The Hall–Kier alpha value is 0.430. The van der Waals surface area contributed by atoms with Crippen LogP contribution in [-0.4, -0.2) is 102 Å². The molecule has 0 spiro atoms. The highest BCUT2D eigenvalue weighted by Gasteiger charge is 2.35. The minimum absolute atomic E-state index is 0.0511. The molecule has 0 aromatic rings. The zero-order chi connectivity index (χ0) is 29.1. The summed E-state index contributed by atoms with van der Waals surface area (Å²) in [6.45, 7) is -3.14. The molecule has 0 aliphatic heterocycles. The fourth-order valence-electron chi connectivity index (χ4n) is 1.55. The molecule has 224 valence electrons. The number of hydrogen-bond donors (Lipinski definition) is 5. The summed E-state index contributed by atoms with van der Waals surface area (Å²) < 4.78 is 102. The lowest BCUT2D eigenvalue weighted by molar-refractivity contribution is -0.290. The largest absolute Gasteiger partial charge is 0.490 e. The average Bonchev–Trinajstić information content (AvgIpc) is 2.79. The third-order valence-corrected chi connectivity index (χ3v) is 7.51. The van der Waals surface area contributed by atoms with Crippen LogP contribution < -0.4 is 0 Å². The predicted molar refractivity (Wildman–Crippen MR) is 115 cm³/mol. The number of hydroxylamine groups is 6. The lowest BCUT2D eigenvalue weighted by Gasteiger charge is -2.29. The maximum absolute atomic E-state index is 11.9. The molecule has 5 N–H and O–H groups in total. The number of phosphoric ester groups is 5. The monoisotopic (exact) mass is 653 g/mol. The van der Waals surface area contributed by atoms with Crippen molar-refractivity contribution in [2.45, 2.75) is 0 Å². The maximum atomic E-state index is 11.9. The Morgan fingerprint density at radius 1 is 0.432 bits per heavy atom. The fourth-order valence-corrected chi connectivity index (χ4v) is 3.82. The van der Waals surface area contributed by atoms with E-state index in [1.54, 1.807) is 0 Å². The third kappa shape index (κ3) is 17.0. The zero-order valence-corrected chi connectivity index (χ0v) is 24.2. The molecule has 28 heteroatoms. The van der Waals surface area contributed by atoms with E-state index >= 15 is 0 Å². The van der Waals surface area contributed by atoms with E-state index in [0.29, 0.717) is 5.06 Å². The first-order valence-corrected chi connectivity index (χ1v) is 16.4. The Balaban J connectivity index is 5.79. The molecule has 0 aliphatic carbocycles. The molecular formula is C9H28N3O20P5. The molecule has 37 heavy (non-hydrogen) atoms. The Morgan fingerprint density at radius 3 is 0.865 bits per heavy atom. The van der Waals surface area contributed by atoms with Gasteiger partial charge in [0.1, 0.15) is 0 Å². The minimum atomic E-state index is -4.89. The number of nitrogens with zero attached hydrogens (tertiary/aromatic N) is 3. The van der Waals surface area contributed by atoms with Crippen molar-refractivity contribution in [1.82, 2.24) is 15.5 Å². The van der Waals surface area contributed by atoms with Crippen molar-refractivity contribution in [3.8, 4) is 0 Å². The van der Waals surface area contributed by atoms with Gasteiger partial charge in [0.2, 0.25) is 0 Å². The normalized spacial score (nSPS) is 20.8. The van der Waals surface area contributed by atoms with Crippen LogP contribution in [0.15, 0.2) is 0 Å². The summed E-state index contributed by atoms with van der Waals surface area (Å²) in [5.41, 5.74) is 0. The van der Waals surface area contributed by atoms with E-state index in [-0.39, 0.29) is 10.5 Å². The molecule has 0 aliphatic rings. The average molecular weight is 653 g/mol. The minimum Gasteiger partial charge on any atom is -0.302 e. The molecule has 0 rings (SSSR count). The molecule has 5 unspecified atom stereocenters. The van der Waals surface area contributed by atoms with Crippen LogP contribution in [0.4, 0.5) is 0 Å². The summed E-state index contributed by atoms with van der Waals surface area (Å²) in [4.78, 5) is 47.4. The zero-order valence-electron chi connectivity index (χ0n) is 19.8. The van der Waals surface area contributed by atoms with E-state index < -0.39 is 65.3 Å². The van der Waals surface area contributed by atoms with Gasteiger partial charge in [-0.25, -0.2) is 22.8 Å². The van der Waals surface area contributed by atoms with Crippen molar-refractivity contribution < 1.29 is 93.0 Å². The fraction of sp³-hybridized carbons (Fsp3) is 1.00. The first-order chi connectivity index (χ1) is 16.7. The van der Waals surface area contributed by atoms with Gasteiger partial charge in [0, 0.05) is 48.6 Å². The van der Waals surface area contributed by atoms with E-state index in [4.69, 9.17) is 4.62 Å². The second kappa shape index (κ2) is 16.0. The molecule has 0 radical (unpaired) electrons. The first-order valence-electron chi connectivity index (χ1n) is 8.96. The van der Waals surface area contributed by atoms with E-state index in [1.165, 1.54) is 0 Å². The quantitative estimate of drug-likeness (QED) is 0.0821. The summed E-state index contributed by atoms with van der Waals surface area (Å²) >= 11 is 0. The van der Waals surface area contributed by atoms with E-state index in [0.717, 1.165) is 35.5 Å². The molecule has 0 aromatic heterocycles. The Bertz CT molecular complexity index is 823. The standard InChI is InChI=1S/C9H28N3O20P5/c1-23-33(13,14)28-10(6-8-11(29-34(15,16)24-2)30-35(17,18)25-3)7-9-12(31-36(19,20)26-4)32-37(21,22)27-5/h6-9H2,1-5H3,(H,13,14)(H,15,16)(H,17,18)(H,19,20)(H,21,22). The number of phosphoric acid groups is 5. The summed E-state index contributed by atoms with van der Waals surface area (Å²) in [6.07, 6.45) is 0. The second-order valence-corrected chi connectivity index (χ2v) is 13.0. The second-order valence-electron chi connectivity index (χ2n) is 5.71. The van der Waals surface area contributed by atoms with Crippen molar-refractivity contribution in [3.05, 3.63) is 0 Å². The summed E-state index contributed by atoms with van der Waals surface area (Å²) in [6, 6.07) is 0. The summed E-state index contributed by atoms with van der Waals surface area (Å²) in [5.74, 6) is 0. The van der Waals surface area contributed by atoms with Gasteiger partial charge in [-0.15, -0.1) is 0 Å². The van der Waals surface area contributed by atoms with Gasteiger partial charge in [-0.3, -0.25) is 22.6 Å². The summed E-state index contributed by atoms with van der Waals surface area (Å²) in [5, 5.41) is 0.396. The third-order valence-electron chi connectivity index (χ3n) is 3.21. The van der Waals surface area contributed by atoms with E-state index in [9.17, 15) is 47.3 Å². The molecule has 0 aromatic carbocycles. The van der Waals surface area contributed by atoms with Gasteiger partial charge in [0.05, 0.1) is 13.1 Å². The van der Waals surface area contributed by atoms with Crippen LogP contribution in [0.2, 0.25) is 0 Å². The van der Waals surface area contributed by atoms with Crippen LogP contribution in [0.1, 0.15) is 0 Å². The molecule has 0 bridgehead atoms. The topological polar surface area (TPSA) is 289 Å². The highest BCUT2D eigenvalue weighted by Crippen LogP contribution is 2.50. The van der Waals surface area contributed by atoms with Crippen LogP contribution in [0, 0.1) is 0 Å². The molecule has 0 saturated heterocycles. The Morgan fingerprint density at radius 2 is 0.649 bits per heavy atom. The molecule has 0 saturated carbocycles. The van der Waals surface area contributed by atoms with Crippen LogP contribution in [0.3, 0.4) is 0 Å². The van der Waals surface area contributed by atoms with Gasteiger partial charge in [-0.05, 0) is 10.5 Å². The van der Waals surface area contributed by atoms with Crippen molar-refractivity contribution >= 4 is 39.1 Å². The number of rotatable bonds is 21. The van der Waals surface area contributed by atoms with Crippen LogP contribution in [0.25, 0.3) is 0 Å². The van der Waals surface area contributed by atoms with Crippen molar-refractivity contribution in [2.24, 2.45) is 0 Å². The van der Waals surface area contributed by atoms with Gasteiger partial charge >= 0.3 is 39.1 Å². The highest BCUT2D eigenvalue weighted by atomic mass is 31.2. The van der Waals surface area contributed by atoms with Crippen LogP contribution >= 0.6 is 39.1 Å². The van der Waals surface area contributed by atoms with Gasteiger partial charge in [0.15, 0.2) is 0 Å². The van der Waals surface area contributed by atoms with Gasteiger partial charge in [0.25, 0.3) is 0 Å². The molecule has 0 amide bonds. The molecule has 23 nitrogen and oxygen atoms in total. The number of hydrogen-bond acceptors (Lipinski definition) is 18. The molecular weight excluding hydrogens is 625 g/mol. The highest BCUT2D eigenvalue weighted by molar-refractivity contribution is 7.48. The maximum Gasteiger partial charge on any atom is 0.490 e. The smallest absolute Gasteiger partial charge is 0.302 e. The van der Waals surface area contributed by atoms with Gasteiger partial charge < -0.3 is 24.5 Å². The molecule has 5 atom stereocenters. The van der Waals surface area contributed by atoms with Crippen LogP contribution in [0.5, 0.6) is 0 Å². The van der Waals surface area contributed by atoms with Gasteiger partial charge in [-0.2, -0.15) is 28.2 Å². The Kier molecular flexibility index (Phi) is 16.2. The van der Waals surface area contributed by atoms with Crippen molar-refractivity contribution in [3.63, 3.8) is 0 Å². The summed E-state index contributed by atoms with van der Waals surface area (Å²) in [7, 11) is -20.6. The predicted octanol–water partition coefficient (Wildman–Crippen LogP) is 0.284. The lowest BCUT2D eigenvalue weighted by atomic mass is 10.5. The van der Waals surface area contributed by atoms with E-state index in [1.807, 2.05) is 0 Å².